The smallest absolute Gasteiger partial charge is 0.233 e. The van der Waals surface area contributed by atoms with Crippen molar-refractivity contribution in [1.29, 1.82) is 0 Å². The quantitative estimate of drug-likeness (QED) is 0.769. The maximum absolute atomic E-state index is 13.7. The van der Waals surface area contributed by atoms with Crippen molar-refractivity contribution in [1.82, 2.24) is 4.90 Å². The number of halogens is 3. The first-order chi connectivity index (χ1) is 11.9. The fourth-order valence-corrected chi connectivity index (χ4v) is 4.04. The van der Waals surface area contributed by atoms with Gasteiger partial charge in [-0.1, -0.05) is 12.8 Å². The van der Waals surface area contributed by atoms with Crippen LogP contribution in [0.2, 0.25) is 0 Å². The first kappa shape index (κ1) is 18.0. The largest absolute Gasteiger partial charge is 0.323 e. The minimum absolute atomic E-state index is 0.0308. The number of amides is 3. The molecule has 25 heavy (non-hydrogen) atoms. The van der Waals surface area contributed by atoms with Gasteiger partial charge in [-0.05, 0) is 34.8 Å². The molecule has 3 amide bonds. The van der Waals surface area contributed by atoms with Crippen LogP contribution in [0, 0.1) is 23.5 Å². The summed E-state index contributed by atoms with van der Waals surface area (Å²) < 4.78 is 26.9. The molecule has 0 radical (unpaired) electrons. The Morgan fingerprint density at radius 2 is 1.76 bits per heavy atom. The predicted molar refractivity (Wildman–Crippen MR) is 89.5 cm³/mol. The van der Waals surface area contributed by atoms with Crippen LogP contribution in [0.1, 0.15) is 32.1 Å². The van der Waals surface area contributed by atoms with Gasteiger partial charge in [-0.2, -0.15) is 0 Å². The highest BCUT2D eigenvalue weighted by Gasteiger charge is 2.47. The lowest BCUT2D eigenvalue weighted by Crippen LogP contribution is -2.34. The molecule has 2 atom stereocenters. The third-order valence-corrected chi connectivity index (χ3v) is 5.39. The van der Waals surface area contributed by atoms with E-state index < -0.39 is 17.5 Å². The molecular weight excluding hydrogens is 398 g/mol. The Hall–Kier alpha value is -1.83. The van der Waals surface area contributed by atoms with E-state index in [2.05, 4.69) is 21.2 Å². The van der Waals surface area contributed by atoms with Crippen molar-refractivity contribution in [2.45, 2.75) is 32.1 Å². The van der Waals surface area contributed by atoms with E-state index in [9.17, 15) is 23.2 Å². The fourth-order valence-electron chi connectivity index (χ4n) is 3.53. The average Bonchev–Trinajstić information content (AvgIpc) is 2.81. The summed E-state index contributed by atoms with van der Waals surface area (Å²) in [5.41, 5.74) is -0.167. The topological polar surface area (TPSA) is 66.5 Å². The number of anilines is 1. The van der Waals surface area contributed by atoms with E-state index >= 15 is 0 Å². The predicted octanol–water partition coefficient (Wildman–Crippen LogP) is 3.23. The lowest BCUT2D eigenvalue weighted by molar-refractivity contribution is -0.140. The third-order valence-electron chi connectivity index (χ3n) is 4.77. The number of carbonyl (C=O) groups is 3. The lowest BCUT2D eigenvalue weighted by atomic mass is 9.81. The molecule has 1 saturated carbocycles. The second-order valence-corrected chi connectivity index (χ2v) is 7.22. The van der Waals surface area contributed by atoms with E-state index in [0.717, 1.165) is 23.8 Å². The van der Waals surface area contributed by atoms with E-state index in [-0.39, 0.29) is 46.8 Å². The van der Waals surface area contributed by atoms with Gasteiger partial charge in [0.05, 0.1) is 17.5 Å². The van der Waals surface area contributed by atoms with Crippen LogP contribution in [0.25, 0.3) is 0 Å². The number of hydrogen-bond donors (Lipinski definition) is 1. The molecule has 1 N–H and O–H groups in total. The molecular formula is C17H17BrF2N2O3. The molecule has 3 rings (SSSR count). The molecule has 8 heteroatoms. The number of nitrogens with one attached hydrogen (secondary N) is 1. The first-order valence-electron chi connectivity index (χ1n) is 8.18. The van der Waals surface area contributed by atoms with E-state index in [1.54, 1.807) is 0 Å². The normalized spacial score (nSPS) is 22.9. The van der Waals surface area contributed by atoms with Gasteiger partial charge in [-0.15, -0.1) is 0 Å². The molecule has 1 aliphatic heterocycles. The van der Waals surface area contributed by atoms with Crippen molar-refractivity contribution >= 4 is 39.3 Å². The molecule has 5 nitrogen and oxygen atoms in total. The molecule has 0 aromatic heterocycles. The zero-order valence-corrected chi connectivity index (χ0v) is 14.9. The summed E-state index contributed by atoms with van der Waals surface area (Å²) in [6, 6.07) is 1.70. The summed E-state index contributed by atoms with van der Waals surface area (Å²) in [6.45, 7) is -0.0308. The van der Waals surface area contributed by atoms with Gasteiger partial charge in [0.25, 0.3) is 0 Å². The second-order valence-electron chi connectivity index (χ2n) is 6.37. The van der Waals surface area contributed by atoms with Crippen LogP contribution in [0.5, 0.6) is 0 Å². The van der Waals surface area contributed by atoms with Crippen LogP contribution in [-0.4, -0.2) is 29.2 Å². The Balaban J connectivity index is 1.61. The maximum Gasteiger partial charge on any atom is 0.233 e. The van der Waals surface area contributed by atoms with Crippen molar-refractivity contribution in [3.63, 3.8) is 0 Å². The zero-order valence-electron chi connectivity index (χ0n) is 13.4. The molecule has 2 aliphatic rings. The van der Waals surface area contributed by atoms with Gasteiger partial charge in [0.15, 0.2) is 5.82 Å². The molecule has 1 aliphatic carbocycles. The van der Waals surface area contributed by atoms with Gasteiger partial charge in [-0.3, -0.25) is 19.3 Å². The van der Waals surface area contributed by atoms with Crippen LogP contribution in [0.15, 0.2) is 16.6 Å². The Labute approximate surface area is 151 Å². The van der Waals surface area contributed by atoms with Crippen LogP contribution in [0.4, 0.5) is 14.5 Å². The van der Waals surface area contributed by atoms with E-state index in [0.29, 0.717) is 18.9 Å². The van der Waals surface area contributed by atoms with Crippen molar-refractivity contribution in [2.24, 2.45) is 11.8 Å². The maximum atomic E-state index is 13.7. The first-order valence-corrected chi connectivity index (χ1v) is 8.97. The van der Waals surface area contributed by atoms with Crippen LogP contribution in [-0.2, 0) is 14.4 Å². The lowest BCUT2D eigenvalue weighted by Gasteiger charge is -2.19. The number of carbonyl (C=O) groups excluding carboxylic acids is 3. The monoisotopic (exact) mass is 414 g/mol. The van der Waals surface area contributed by atoms with Crippen LogP contribution in [0.3, 0.4) is 0 Å². The minimum Gasteiger partial charge on any atom is -0.323 e. The number of nitrogens with zero attached hydrogens (tertiary/aromatic N) is 1. The second kappa shape index (κ2) is 7.19. The third kappa shape index (κ3) is 3.58. The van der Waals surface area contributed by atoms with E-state index in [1.807, 2.05) is 0 Å². The number of likely N-dealkylation sites (tertiary alicyclic amines) is 1. The van der Waals surface area contributed by atoms with Gasteiger partial charge in [0.2, 0.25) is 17.7 Å². The molecule has 1 aromatic rings. The number of hydrogen-bond acceptors (Lipinski definition) is 3. The molecule has 2 fully saturated rings. The number of rotatable bonds is 4. The molecule has 2 unspecified atom stereocenters. The van der Waals surface area contributed by atoms with Crippen molar-refractivity contribution in [3.8, 4) is 0 Å². The molecule has 1 aromatic carbocycles. The molecule has 134 valence electrons. The van der Waals surface area contributed by atoms with Crippen LogP contribution >= 0.6 is 15.9 Å². The standard InChI is InChI=1S/C17H17BrF2N2O3/c18-12-7-9(19)8-13(20)15(12)21-14(23)5-6-22-16(24)10-3-1-2-4-11(10)17(22)25/h7-8,10-11H,1-6H2,(H,21,23). The Morgan fingerprint density at radius 3 is 2.32 bits per heavy atom. The molecule has 1 heterocycles. The molecule has 0 bridgehead atoms. The summed E-state index contributed by atoms with van der Waals surface area (Å²) in [6.07, 6.45) is 3.16. The SMILES string of the molecule is O=C(CCN1C(=O)C2CCCCC2C1=O)Nc1c(F)cc(F)cc1Br. The minimum atomic E-state index is -0.903. The van der Waals surface area contributed by atoms with Crippen molar-refractivity contribution in [3.05, 3.63) is 28.2 Å². The molecule has 1 saturated heterocycles. The number of imide groups is 1. The summed E-state index contributed by atoms with van der Waals surface area (Å²) in [5, 5.41) is 2.35. The highest BCUT2D eigenvalue weighted by atomic mass is 79.9. The highest BCUT2D eigenvalue weighted by molar-refractivity contribution is 9.10. The number of fused-ring (bicyclic) bond motifs is 1. The van der Waals surface area contributed by atoms with Crippen LogP contribution < -0.4 is 5.32 Å². The zero-order chi connectivity index (χ0) is 18.1. The summed E-state index contributed by atoms with van der Waals surface area (Å²) in [5.74, 6) is -3.16. The fraction of sp³-hybridized carbons (Fsp3) is 0.471. The van der Waals surface area contributed by atoms with Gasteiger partial charge in [0.1, 0.15) is 5.82 Å². The van der Waals surface area contributed by atoms with Gasteiger partial charge < -0.3 is 5.32 Å². The van der Waals surface area contributed by atoms with Gasteiger partial charge in [-0.25, -0.2) is 8.78 Å². The Kier molecular flexibility index (Phi) is 5.17. The Bertz CT molecular complexity index is 694. The average molecular weight is 415 g/mol. The summed E-state index contributed by atoms with van der Waals surface area (Å²) >= 11 is 2.99. The highest BCUT2D eigenvalue weighted by Crippen LogP contribution is 2.38. The Morgan fingerprint density at radius 1 is 1.16 bits per heavy atom. The summed E-state index contributed by atoms with van der Waals surface area (Å²) in [7, 11) is 0. The van der Waals surface area contributed by atoms with Crippen molar-refractivity contribution < 1.29 is 23.2 Å². The van der Waals surface area contributed by atoms with E-state index in [1.165, 1.54) is 0 Å². The van der Waals surface area contributed by atoms with Crippen molar-refractivity contribution in [2.75, 3.05) is 11.9 Å². The molecule has 0 spiro atoms. The van der Waals surface area contributed by atoms with Gasteiger partial charge in [0, 0.05) is 23.5 Å². The summed E-state index contributed by atoms with van der Waals surface area (Å²) in [4.78, 5) is 37.9. The van der Waals surface area contributed by atoms with E-state index in [4.69, 9.17) is 0 Å². The van der Waals surface area contributed by atoms with Gasteiger partial charge >= 0.3 is 0 Å². The number of benzene rings is 1.